The third-order valence-corrected chi connectivity index (χ3v) is 3.11. The molecule has 1 aliphatic rings. The van der Waals surface area contributed by atoms with Crippen molar-refractivity contribution in [2.24, 2.45) is 10.2 Å². The summed E-state index contributed by atoms with van der Waals surface area (Å²) in [6.45, 7) is 7.05. The predicted octanol–water partition coefficient (Wildman–Crippen LogP) is 3.13. The number of rotatable bonds is 9. The molecule has 1 atom stereocenters. The normalized spacial score (nSPS) is 19.1. The molecule has 1 aliphatic heterocycles. The Morgan fingerprint density at radius 2 is 1.75 bits per heavy atom. The lowest BCUT2D eigenvalue weighted by Gasteiger charge is -2.30. The number of aliphatic hydroxyl groups excluding tert-OH is 1. The summed E-state index contributed by atoms with van der Waals surface area (Å²) in [5.41, 5.74) is 0. The number of hydrogen-bond acceptors (Lipinski definition) is 4. The van der Waals surface area contributed by atoms with Crippen molar-refractivity contribution in [3.8, 4) is 0 Å². The van der Waals surface area contributed by atoms with Crippen molar-refractivity contribution in [2.45, 2.75) is 71.3 Å². The zero-order valence-electron chi connectivity index (χ0n) is 10.8. The summed E-state index contributed by atoms with van der Waals surface area (Å²) >= 11 is 0. The molecule has 0 spiro atoms. The van der Waals surface area contributed by atoms with Gasteiger partial charge in [-0.2, -0.15) is 0 Å². The lowest BCUT2D eigenvalue weighted by Crippen LogP contribution is -2.45. The second-order valence-corrected chi connectivity index (χ2v) is 4.61. The maximum Gasteiger partial charge on any atom is 0.247 e. The molecule has 0 aromatic rings. The SMILES string of the molecule is CCCCCN(C(C)O)C1(CCCC)N=N1. The van der Waals surface area contributed by atoms with Crippen LogP contribution in [-0.2, 0) is 0 Å². The van der Waals surface area contributed by atoms with Crippen LogP contribution in [0.4, 0.5) is 0 Å². The molecule has 0 saturated heterocycles. The smallest absolute Gasteiger partial charge is 0.247 e. The largest absolute Gasteiger partial charge is 0.379 e. The predicted molar refractivity (Wildman–Crippen MR) is 65.0 cm³/mol. The summed E-state index contributed by atoms with van der Waals surface area (Å²) in [6.07, 6.45) is 6.26. The molecule has 0 radical (unpaired) electrons. The van der Waals surface area contributed by atoms with Crippen LogP contribution in [0, 0.1) is 0 Å². The Bertz CT molecular complexity index is 222. The molecule has 1 unspecified atom stereocenters. The monoisotopic (exact) mass is 227 g/mol. The highest BCUT2D eigenvalue weighted by atomic mass is 16.3. The van der Waals surface area contributed by atoms with Crippen molar-refractivity contribution < 1.29 is 5.11 Å². The fraction of sp³-hybridized carbons (Fsp3) is 1.00. The van der Waals surface area contributed by atoms with E-state index in [1.165, 1.54) is 12.8 Å². The second kappa shape index (κ2) is 6.30. The standard InChI is InChI=1S/C12H25N3O/c1-4-6-8-10-15(11(3)16)12(13-14-12)9-7-5-2/h11,16H,4-10H2,1-3H3. The minimum Gasteiger partial charge on any atom is -0.379 e. The van der Waals surface area contributed by atoms with Crippen LogP contribution in [0.3, 0.4) is 0 Å². The van der Waals surface area contributed by atoms with E-state index < -0.39 is 6.23 Å². The molecule has 16 heavy (non-hydrogen) atoms. The Morgan fingerprint density at radius 1 is 1.12 bits per heavy atom. The first kappa shape index (κ1) is 13.6. The molecule has 0 aliphatic carbocycles. The maximum atomic E-state index is 9.79. The fourth-order valence-corrected chi connectivity index (χ4v) is 2.03. The Balaban J connectivity index is 2.42. The average molecular weight is 227 g/mol. The Hall–Kier alpha value is -0.480. The zero-order valence-corrected chi connectivity index (χ0v) is 10.8. The lowest BCUT2D eigenvalue weighted by atomic mass is 10.1. The highest BCUT2D eigenvalue weighted by Gasteiger charge is 2.46. The van der Waals surface area contributed by atoms with Gasteiger partial charge < -0.3 is 5.11 Å². The molecular formula is C12H25N3O. The quantitative estimate of drug-likeness (QED) is 0.486. The maximum absolute atomic E-state index is 9.79. The second-order valence-electron chi connectivity index (χ2n) is 4.61. The van der Waals surface area contributed by atoms with Crippen molar-refractivity contribution in [3.63, 3.8) is 0 Å². The first-order valence-corrected chi connectivity index (χ1v) is 6.55. The van der Waals surface area contributed by atoms with Gasteiger partial charge in [-0.25, -0.2) is 4.90 Å². The van der Waals surface area contributed by atoms with Gasteiger partial charge in [0.05, 0.1) is 0 Å². The molecule has 0 aromatic heterocycles. The zero-order chi connectivity index (χ0) is 12.0. The Labute approximate surface area is 98.7 Å². The summed E-state index contributed by atoms with van der Waals surface area (Å²) in [5, 5.41) is 18.1. The third-order valence-electron chi connectivity index (χ3n) is 3.11. The lowest BCUT2D eigenvalue weighted by molar-refractivity contribution is -0.0323. The van der Waals surface area contributed by atoms with Crippen LogP contribution in [0.5, 0.6) is 0 Å². The van der Waals surface area contributed by atoms with Gasteiger partial charge >= 0.3 is 0 Å². The number of unbranched alkanes of at least 4 members (excludes halogenated alkanes) is 3. The van der Waals surface area contributed by atoms with Crippen LogP contribution in [0.15, 0.2) is 10.2 Å². The van der Waals surface area contributed by atoms with Crippen molar-refractivity contribution in [1.82, 2.24) is 4.90 Å². The van der Waals surface area contributed by atoms with E-state index in [-0.39, 0.29) is 5.79 Å². The van der Waals surface area contributed by atoms with Crippen LogP contribution in [0.1, 0.15) is 59.3 Å². The molecule has 94 valence electrons. The highest BCUT2D eigenvalue weighted by molar-refractivity contribution is 4.93. The average Bonchev–Trinajstić information content (AvgIpc) is 3.02. The summed E-state index contributed by atoms with van der Waals surface area (Å²) in [7, 11) is 0. The van der Waals surface area contributed by atoms with Crippen LogP contribution < -0.4 is 0 Å². The number of aliphatic hydroxyl groups is 1. The van der Waals surface area contributed by atoms with Gasteiger partial charge in [0.1, 0.15) is 6.23 Å². The topological polar surface area (TPSA) is 48.2 Å². The summed E-state index contributed by atoms with van der Waals surface area (Å²) in [6, 6.07) is 0. The summed E-state index contributed by atoms with van der Waals surface area (Å²) < 4.78 is 0. The van der Waals surface area contributed by atoms with E-state index in [4.69, 9.17) is 0 Å². The van der Waals surface area contributed by atoms with E-state index in [0.29, 0.717) is 0 Å². The molecule has 1 rings (SSSR count). The highest BCUT2D eigenvalue weighted by Crippen LogP contribution is 2.38. The minimum atomic E-state index is -0.455. The van der Waals surface area contributed by atoms with Crippen molar-refractivity contribution in [2.75, 3.05) is 6.54 Å². The van der Waals surface area contributed by atoms with Gasteiger partial charge in [0.25, 0.3) is 0 Å². The van der Waals surface area contributed by atoms with Gasteiger partial charge in [-0.05, 0) is 19.8 Å². The third kappa shape index (κ3) is 3.52. The van der Waals surface area contributed by atoms with Gasteiger partial charge in [0.15, 0.2) is 0 Å². The number of hydrogen-bond donors (Lipinski definition) is 1. The van der Waals surface area contributed by atoms with Crippen LogP contribution in [0.25, 0.3) is 0 Å². The van der Waals surface area contributed by atoms with E-state index in [0.717, 1.165) is 32.2 Å². The molecule has 4 nitrogen and oxygen atoms in total. The molecule has 4 heteroatoms. The molecule has 0 amide bonds. The molecule has 0 saturated carbocycles. The van der Waals surface area contributed by atoms with Gasteiger partial charge in [0, 0.05) is 13.0 Å². The van der Waals surface area contributed by atoms with Crippen LogP contribution >= 0.6 is 0 Å². The van der Waals surface area contributed by atoms with Crippen LogP contribution in [-0.4, -0.2) is 28.6 Å². The van der Waals surface area contributed by atoms with E-state index in [1.54, 1.807) is 0 Å². The Kier molecular flexibility index (Phi) is 5.35. The van der Waals surface area contributed by atoms with Gasteiger partial charge in [0.2, 0.25) is 5.79 Å². The molecule has 1 N–H and O–H groups in total. The summed E-state index contributed by atoms with van der Waals surface area (Å²) in [4.78, 5) is 2.03. The van der Waals surface area contributed by atoms with Crippen molar-refractivity contribution in [1.29, 1.82) is 0 Å². The number of nitrogens with zero attached hydrogens (tertiary/aromatic N) is 3. The van der Waals surface area contributed by atoms with Crippen LogP contribution in [0.2, 0.25) is 0 Å². The van der Waals surface area contributed by atoms with Gasteiger partial charge in [-0.1, -0.05) is 33.1 Å². The molecule has 0 bridgehead atoms. The van der Waals surface area contributed by atoms with E-state index in [1.807, 2.05) is 11.8 Å². The van der Waals surface area contributed by atoms with Gasteiger partial charge in [-0.3, -0.25) is 0 Å². The molecule has 0 aromatic carbocycles. The van der Waals surface area contributed by atoms with Crippen molar-refractivity contribution >= 4 is 0 Å². The van der Waals surface area contributed by atoms with Gasteiger partial charge in [-0.15, -0.1) is 10.2 Å². The van der Waals surface area contributed by atoms with E-state index in [9.17, 15) is 5.11 Å². The Morgan fingerprint density at radius 3 is 2.19 bits per heavy atom. The first-order chi connectivity index (χ1) is 7.66. The minimum absolute atomic E-state index is 0.377. The molecule has 1 heterocycles. The molecular weight excluding hydrogens is 202 g/mol. The van der Waals surface area contributed by atoms with E-state index >= 15 is 0 Å². The van der Waals surface area contributed by atoms with E-state index in [2.05, 4.69) is 24.1 Å². The molecule has 0 fully saturated rings. The fourth-order valence-electron chi connectivity index (χ4n) is 2.03. The van der Waals surface area contributed by atoms with Crippen molar-refractivity contribution in [3.05, 3.63) is 0 Å². The first-order valence-electron chi connectivity index (χ1n) is 6.55. The summed E-state index contributed by atoms with van der Waals surface area (Å²) in [5.74, 6) is -0.377.